The zero-order valence-corrected chi connectivity index (χ0v) is 21.6. The minimum atomic E-state index is -0.879. The Morgan fingerprint density at radius 3 is 2.14 bits per heavy atom. The van der Waals surface area contributed by atoms with Gasteiger partial charge in [0.15, 0.2) is 0 Å². The zero-order chi connectivity index (χ0) is 26.7. The lowest BCUT2D eigenvalue weighted by molar-refractivity contribution is -0.132. The summed E-state index contributed by atoms with van der Waals surface area (Å²) in [6, 6.07) is 18.7. The third kappa shape index (κ3) is 5.03. The van der Waals surface area contributed by atoms with Crippen LogP contribution in [0.2, 0.25) is 0 Å². The van der Waals surface area contributed by atoms with E-state index in [2.05, 4.69) is 13.8 Å². The van der Waals surface area contributed by atoms with Crippen molar-refractivity contribution in [3.8, 4) is 17.2 Å². The molecule has 0 aliphatic carbocycles. The number of rotatable bonds is 8. The van der Waals surface area contributed by atoms with Crippen molar-refractivity contribution in [2.75, 3.05) is 25.7 Å². The maximum Gasteiger partial charge on any atom is 0.300 e. The van der Waals surface area contributed by atoms with Crippen molar-refractivity contribution < 1.29 is 28.9 Å². The number of aliphatic hydroxyl groups is 1. The predicted octanol–water partition coefficient (Wildman–Crippen LogP) is 5.67. The van der Waals surface area contributed by atoms with Crippen LogP contribution in [-0.2, 0) is 9.59 Å². The van der Waals surface area contributed by atoms with Crippen LogP contribution >= 0.6 is 0 Å². The first-order chi connectivity index (χ1) is 17.8. The number of hydrogen-bond acceptors (Lipinski definition) is 6. The van der Waals surface area contributed by atoms with Gasteiger partial charge in [-0.2, -0.15) is 0 Å². The third-order valence-electron chi connectivity index (χ3n) is 6.17. The maximum absolute atomic E-state index is 13.5. The Labute approximate surface area is 216 Å². The second kappa shape index (κ2) is 10.8. The monoisotopic (exact) mass is 501 g/mol. The smallest absolute Gasteiger partial charge is 0.300 e. The van der Waals surface area contributed by atoms with Gasteiger partial charge in [0.25, 0.3) is 11.7 Å². The number of anilines is 1. The van der Waals surface area contributed by atoms with Crippen molar-refractivity contribution in [2.24, 2.45) is 5.92 Å². The van der Waals surface area contributed by atoms with Gasteiger partial charge in [-0.15, -0.1) is 0 Å². The predicted molar refractivity (Wildman–Crippen MR) is 142 cm³/mol. The lowest BCUT2D eigenvalue weighted by atomic mass is 9.94. The van der Waals surface area contributed by atoms with E-state index < -0.39 is 17.7 Å². The van der Waals surface area contributed by atoms with E-state index in [0.29, 0.717) is 41.0 Å². The molecule has 1 atom stereocenters. The molecular formula is C30H31NO6. The number of carbonyl (C=O) groups excluding carboxylic acids is 2. The maximum atomic E-state index is 13.5. The number of aryl methyl sites for hydroxylation is 1. The van der Waals surface area contributed by atoms with Gasteiger partial charge in [-0.3, -0.25) is 14.5 Å². The molecule has 4 rings (SSSR count). The third-order valence-corrected chi connectivity index (χ3v) is 6.17. The molecule has 1 N–H and O–H groups in total. The van der Waals surface area contributed by atoms with E-state index in [1.807, 2.05) is 37.3 Å². The van der Waals surface area contributed by atoms with Crippen LogP contribution < -0.4 is 19.1 Å². The van der Waals surface area contributed by atoms with E-state index in [1.54, 1.807) is 36.4 Å². The standard InChI is InChI=1S/C30H31NO6/c1-18(2)17-37-22-14-12-20(13-15-22)27-26(28(32)25-23(35-4)10-7-11-24(25)36-5)29(33)30(34)31(27)21-9-6-8-19(3)16-21/h6-16,18,27,32H,17H2,1-5H3/b28-26+. The van der Waals surface area contributed by atoms with Gasteiger partial charge >= 0.3 is 0 Å². The fraction of sp³-hybridized carbons (Fsp3) is 0.267. The highest BCUT2D eigenvalue weighted by molar-refractivity contribution is 6.51. The van der Waals surface area contributed by atoms with Gasteiger partial charge < -0.3 is 19.3 Å². The van der Waals surface area contributed by atoms with E-state index in [-0.39, 0.29) is 16.9 Å². The Hall–Kier alpha value is -4.26. The van der Waals surface area contributed by atoms with Gasteiger partial charge in [0.05, 0.1) is 32.4 Å². The summed E-state index contributed by atoms with van der Waals surface area (Å²) >= 11 is 0. The molecule has 1 aliphatic heterocycles. The summed E-state index contributed by atoms with van der Waals surface area (Å²) in [4.78, 5) is 28.4. The fourth-order valence-corrected chi connectivity index (χ4v) is 4.42. The highest BCUT2D eigenvalue weighted by atomic mass is 16.5. The first-order valence-electron chi connectivity index (χ1n) is 12.1. The van der Waals surface area contributed by atoms with Crippen LogP contribution in [0.4, 0.5) is 5.69 Å². The Bertz CT molecular complexity index is 1320. The molecule has 192 valence electrons. The van der Waals surface area contributed by atoms with Crippen molar-refractivity contribution in [1.82, 2.24) is 0 Å². The number of nitrogens with zero attached hydrogens (tertiary/aromatic N) is 1. The number of benzene rings is 3. The summed E-state index contributed by atoms with van der Waals surface area (Å²) < 4.78 is 16.7. The zero-order valence-electron chi connectivity index (χ0n) is 21.6. The molecule has 1 aliphatic rings. The van der Waals surface area contributed by atoms with Crippen LogP contribution in [0.3, 0.4) is 0 Å². The minimum absolute atomic E-state index is 0.0508. The van der Waals surface area contributed by atoms with Gasteiger partial charge in [0.1, 0.15) is 28.6 Å². The van der Waals surface area contributed by atoms with E-state index in [0.717, 1.165) is 5.56 Å². The number of methoxy groups -OCH3 is 2. The normalized spacial score (nSPS) is 16.8. The molecule has 0 radical (unpaired) electrons. The largest absolute Gasteiger partial charge is 0.506 e. The summed E-state index contributed by atoms with van der Waals surface area (Å²) in [7, 11) is 2.93. The highest BCUT2D eigenvalue weighted by Crippen LogP contribution is 2.45. The van der Waals surface area contributed by atoms with Gasteiger partial charge in [-0.05, 0) is 60.4 Å². The number of ketones is 1. The first-order valence-corrected chi connectivity index (χ1v) is 12.1. The summed E-state index contributed by atoms with van der Waals surface area (Å²) in [6.07, 6.45) is 0. The van der Waals surface area contributed by atoms with Crippen molar-refractivity contribution in [1.29, 1.82) is 0 Å². The second-order valence-corrected chi connectivity index (χ2v) is 9.32. The molecule has 0 aromatic heterocycles. The van der Waals surface area contributed by atoms with Crippen molar-refractivity contribution >= 4 is 23.1 Å². The average molecular weight is 502 g/mol. The molecule has 0 saturated carbocycles. The van der Waals surface area contributed by atoms with Crippen molar-refractivity contribution in [3.05, 3.63) is 89.0 Å². The van der Waals surface area contributed by atoms with Crippen LogP contribution in [0.1, 0.15) is 36.6 Å². The molecule has 37 heavy (non-hydrogen) atoms. The van der Waals surface area contributed by atoms with Crippen molar-refractivity contribution in [2.45, 2.75) is 26.8 Å². The Morgan fingerprint density at radius 2 is 1.57 bits per heavy atom. The van der Waals surface area contributed by atoms with Crippen LogP contribution in [0, 0.1) is 12.8 Å². The molecule has 0 spiro atoms. The SMILES string of the molecule is COc1cccc(OC)c1/C(O)=C1\C(=O)C(=O)N(c2cccc(C)c2)C1c1ccc(OCC(C)C)cc1. The van der Waals surface area contributed by atoms with E-state index >= 15 is 0 Å². The summed E-state index contributed by atoms with van der Waals surface area (Å²) in [5.41, 5.74) is 2.29. The molecule has 1 unspecified atom stereocenters. The summed E-state index contributed by atoms with van der Waals surface area (Å²) in [6.45, 7) is 6.61. The van der Waals surface area contributed by atoms with Crippen LogP contribution in [0.15, 0.2) is 72.3 Å². The van der Waals surface area contributed by atoms with E-state index in [9.17, 15) is 14.7 Å². The molecule has 0 bridgehead atoms. The molecule has 7 heteroatoms. The highest BCUT2D eigenvalue weighted by Gasteiger charge is 2.47. The second-order valence-electron chi connectivity index (χ2n) is 9.32. The van der Waals surface area contributed by atoms with E-state index in [4.69, 9.17) is 14.2 Å². The molecule has 3 aromatic rings. The Balaban J connectivity index is 1.92. The minimum Gasteiger partial charge on any atom is -0.506 e. The van der Waals surface area contributed by atoms with Crippen LogP contribution in [-0.4, -0.2) is 37.6 Å². The summed E-state index contributed by atoms with van der Waals surface area (Å²) in [5, 5.41) is 11.6. The van der Waals surface area contributed by atoms with Crippen LogP contribution in [0.5, 0.6) is 17.2 Å². The van der Waals surface area contributed by atoms with Gasteiger partial charge in [0, 0.05) is 5.69 Å². The number of aliphatic hydroxyl groups excluding tert-OH is 1. The molecule has 7 nitrogen and oxygen atoms in total. The van der Waals surface area contributed by atoms with Gasteiger partial charge in [-0.25, -0.2) is 0 Å². The van der Waals surface area contributed by atoms with Crippen molar-refractivity contribution in [3.63, 3.8) is 0 Å². The quantitative estimate of drug-likeness (QED) is 0.243. The first kappa shape index (κ1) is 25.8. The van der Waals surface area contributed by atoms with Crippen LogP contribution in [0.25, 0.3) is 5.76 Å². The molecule has 1 fully saturated rings. The number of hydrogen-bond donors (Lipinski definition) is 1. The average Bonchev–Trinajstić information content (AvgIpc) is 3.16. The van der Waals surface area contributed by atoms with Gasteiger partial charge in [-0.1, -0.05) is 44.2 Å². The number of Topliss-reactive ketones (excluding diaryl/α,β-unsaturated/α-hetero) is 1. The lowest BCUT2D eigenvalue weighted by Gasteiger charge is -2.26. The Morgan fingerprint density at radius 1 is 0.946 bits per heavy atom. The molecule has 3 aromatic carbocycles. The molecule has 1 saturated heterocycles. The Kier molecular flexibility index (Phi) is 7.53. The molecular weight excluding hydrogens is 470 g/mol. The summed E-state index contributed by atoms with van der Waals surface area (Å²) in [5.74, 6) is -0.221. The number of carbonyl (C=O) groups is 2. The van der Waals surface area contributed by atoms with Gasteiger partial charge in [0.2, 0.25) is 0 Å². The number of ether oxygens (including phenoxy) is 3. The lowest BCUT2D eigenvalue weighted by Crippen LogP contribution is -2.29. The molecule has 1 heterocycles. The fourth-order valence-electron chi connectivity index (χ4n) is 4.42. The number of amides is 1. The molecule has 1 amide bonds. The topological polar surface area (TPSA) is 85.3 Å². The van der Waals surface area contributed by atoms with E-state index in [1.165, 1.54) is 19.1 Å².